The van der Waals surface area contributed by atoms with Gasteiger partial charge in [0.25, 0.3) is 0 Å². The number of aliphatic hydroxyl groups is 1. The Balaban J connectivity index is 1.88. The van der Waals surface area contributed by atoms with Crippen molar-refractivity contribution in [3.63, 3.8) is 0 Å². The first-order valence-corrected chi connectivity index (χ1v) is 9.59. The number of aliphatic hydroxyl groups excluding tert-OH is 1. The number of aromatic hydroxyl groups is 1. The normalized spacial score (nSPS) is 18.5. The van der Waals surface area contributed by atoms with E-state index in [-0.39, 0.29) is 11.3 Å². The Labute approximate surface area is 164 Å². The molecule has 1 aliphatic rings. The van der Waals surface area contributed by atoms with Gasteiger partial charge in [0.05, 0.1) is 5.69 Å². The lowest BCUT2D eigenvalue weighted by atomic mass is 9.96. The highest BCUT2D eigenvalue weighted by Gasteiger charge is 2.36. The Morgan fingerprint density at radius 3 is 2.71 bits per heavy atom. The fourth-order valence-electron chi connectivity index (χ4n) is 4.10. The Kier molecular flexibility index (Phi) is 4.61. The molecule has 0 amide bonds. The van der Waals surface area contributed by atoms with Crippen molar-refractivity contribution in [2.45, 2.75) is 39.5 Å². The fourth-order valence-corrected chi connectivity index (χ4v) is 4.10. The van der Waals surface area contributed by atoms with Crippen LogP contribution in [0.2, 0.25) is 0 Å². The first-order valence-electron chi connectivity index (χ1n) is 9.59. The molecule has 1 aliphatic heterocycles. The Morgan fingerprint density at radius 2 is 2.00 bits per heavy atom. The predicted molar refractivity (Wildman–Crippen MR) is 109 cm³/mol. The zero-order valence-corrected chi connectivity index (χ0v) is 16.7. The van der Waals surface area contributed by atoms with Crippen LogP contribution >= 0.6 is 0 Å². The predicted octanol–water partition coefficient (Wildman–Crippen LogP) is 2.62. The van der Waals surface area contributed by atoms with Gasteiger partial charge in [0.2, 0.25) is 0 Å². The van der Waals surface area contributed by atoms with E-state index in [1.54, 1.807) is 12.1 Å². The number of hydrogen-bond acceptors (Lipinski definition) is 6. The highest BCUT2D eigenvalue weighted by atomic mass is 16.3. The molecule has 0 saturated carbocycles. The van der Waals surface area contributed by atoms with Gasteiger partial charge in [-0.15, -0.1) is 0 Å². The third kappa shape index (κ3) is 3.15. The molecule has 2 aromatic heterocycles. The van der Waals surface area contributed by atoms with Crippen LogP contribution in [0.3, 0.4) is 0 Å². The molecule has 148 valence electrons. The Hall–Kier alpha value is -2.48. The molecular formula is C21H27N5O2. The summed E-state index contributed by atoms with van der Waals surface area (Å²) in [7, 11) is 0. The van der Waals surface area contributed by atoms with Crippen LogP contribution in [0.15, 0.2) is 24.3 Å². The second kappa shape index (κ2) is 6.84. The van der Waals surface area contributed by atoms with Gasteiger partial charge in [-0.3, -0.25) is 10.00 Å². The van der Waals surface area contributed by atoms with E-state index in [1.807, 2.05) is 26.0 Å². The minimum absolute atomic E-state index is 0.181. The van der Waals surface area contributed by atoms with Crippen LogP contribution in [0.1, 0.15) is 36.9 Å². The number of piperazine rings is 1. The van der Waals surface area contributed by atoms with Crippen molar-refractivity contribution in [3.8, 4) is 17.0 Å². The summed E-state index contributed by atoms with van der Waals surface area (Å²) in [4.78, 5) is 6.84. The fraction of sp³-hybridized carbons (Fsp3) is 0.429. The minimum Gasteiger partial charge on any atom is -0.508 e. The highest BCUT2D eigenvalue weighted by Crippen LogP contribution is 2.35. The number of aromatic amines is 1. The monoisotopic (exact) mass is 381 g/mol. The SMILES string of the molecule is Cc1cc(O)ccc1-c1cc(C(O)N2CCNCC2(C)C)c2c(C)[nH]nc2n1. The number of pyridine rings is 1. The van der Waals surface area contributed by atoms with E-state index in [2.05, 4.69) is 34.3 Å². The topological polar surface area (TPSA) is 97.3 Å². The average molecular weight is 381 g/mol. The summed E-state index contributed by atoms with van der Waals surface area (Å²) in [6, 6.07) is 7.17. The number of rotatable bonds is 3. The van der Waals surface area contributed by atoms with Crippen molar-refractivity contribution in [1.29, 1.82) is 0 Å². The van der Waals surface area contributed by atoms with E-state index < -0.39 is 6.23 Å². The smallest absolute Gasteiger partial charge is 0.182 e. The molecule has 1 saturated heterocycles. The molecule has 3 heterocycles. The van der Waals surface area contributed by atoms with Crippen molar-refractivity contribution in [1.82, 2.24) is 25.4 Å². The number of H-pyrrole nitrogens is 1. The maximum Gasteiger partial charge on any atom is 0.182 e. The standard InChI is InChI=1S/C21H27N5O2/c1-12-9-14(27)5-6-15(12)17-10-16(18-13(2)24-25-19(18)23-17)20(28)26-8-7-22-11-21(26,3)4/h5-6,9-10,20,22,27-28H,7-8,11H2,1-4H3,(H,23,24,25). The Morgan fingerprint density at radius 1 is 1.21 bits per heavy atom. The van der Waals surface area contributed by atoms with Crippen molar-refractivity contribution in [2.24, 2.45) is 0 Å². The summed E-state index contributed by atoms with van der Waals surface area (Å²) in [6.45, 7) is 10.5. The number of nitrogens with one attached hydrogen (secondary N) is 2. The van der Waals surface area contributed by atoms with E-state index in [0.717, 1.165) is 53.1 Å². The van der Waals surface area contributed by atoms with Crippen LogP contribution in [-0.4, -0.2) is 55.5 Å². The van der Waals surface area contributed by atoms with Crippen molar-refractivity contribution >= 4 is 11.0 Å². The molecule has 0 bridgehead atoms. The Bertz CT molecular complexity index is 1030. The molecule has 0 spiro atoms. The number of benzene rings is 1. The molecule has 28 heavy (non-hydrogen) atoms. The molecule has 1 unspecified atom stereocenters. The molecule has 3 aromatic rings. The molecule has 4 rings (SSSR count). The molecule has 7 nitrogen and oxygen atoms in total. The lowest BCUT2D eigenvalue weighted by molar-refractivity contribution is -0.0697. The average Bonchev–Trinajstić information content (AvgIpc) is 3.01. The summed E-state index contributed by atoms with van der Waals surface area (Å²) in [5.74, 6) is 0.223. The first kappa shape index (κ1) is 18.9. The molecule has 1 aromatic carbocycles. The summed E-state index contributed by atoms with van der Waals surface area (Å²) in [5, 5.41) is 32.7. The number of nitrogens with zero attached hydrogens (tertiary/aromatic N) is 3. The third-order valence-corrected chi connectivity index (χ3v) is 5.66. The largest absolute Gasteiger partial charge is 0.508 e. The number of aryl methyl sites for hydroxylation is 2. The van der Waals surface area contributed by atoms with Crippen LogP contribution in [0.5, 0.6) is 5.75 Å². The highest BCUT2D eigenvalue weighted by molar-refractivity contribution is 5.85. The zero-order valence-electron chi connectivity index (χ0n) is 16.7. The van der Waals surface area contributed by atoms with Crippen molar-refractivity contribution < 1.29 is 10.2 Å². The van der Waals surface area contributed by atoms with Gasteiger partial charge in [-0.2, -0.15) is 5.10 Å². The number of fused-ring (bicyclic) bond motifs is 1. The van der Waals surface area contributed by atoms with Crippen LogP contribution in [0, 0.1) is 13.8 Å². The lowest BCUT2D eigenvalue weighted by Gasteiger charge is -2.45. The van der Waals surface area contributed by atoms with Gasteiger partial charge in [-0.1, -0.05) is 0 Å². The van der Waals surface area contributed by atoms with Gasteiger partial charge in [0.15, 0.2) is 5.65 Å². The van der Waals surface area contributed by atoms with Gasteiger partial charge in [0.1, 0.15) is 12.0 Å². The number of aromatic nitrogens is 3. The zero-order chi connectivity index (χ0) is 20.1. The van der Waals surface area contributed by atoms with Gasteiger partial charge in [-0.25, -0.2) is 4.98 Å². The lowest BCUT2D eigenvalue weighted by Crippen LogP contribution is -2.58. The first-order chi connectivity index (χ1) is 13.3. The van der Waals surface area contributed by atoms with E-state index >= 15 is 0 Å². The molecule has 4 N–H and O–H groups in total. The summed E-state index contributed by atoms with van der Waals surface area (Å²) >= 11 is 0. The van der Waals surface area contributed by atoms with Crippen LogP contribution in [0.25, 0.3) is 22.3 Å². The second-order valence-corrected chi connectivity index (χ2v) is 8.20. The van der Waals surface area contributed by atoms with Crippen molar-refractivity contribution in [3.05, 3.63) is 41.1 Å². The molecular weight excluding hydrogens is 354 g/mol. The number of phenols is 1. The maximum atomic E-state index is 11.4. The van der Waals surface area contributed by atoms with Crippen LogP contribution in [0.4, 0.5) is 0 Å². The summed E-state index contributed by atoms with van der Waals surface area (Å²) in [5.41, 5.74) is 4.66. The summed E-state index contributed by atoms with van der Waals surface area (Å²) in [6.07, 6.45) is -0.768. The van der Waals surface area contributed by atoms with Gasteiger partial charge < -0.3 is 15.5 Å². The minimum atomic E-state index is -0.768. The molecule has 1 atom stereocenters. The van der Waals surface area contributed by atoms with E-state index in [0.29, 0.717) is 5.65 Å². The van der Waals surface area contributed by atoms with Crippen LogP contribution in [-0.2, 0) is 0 Å². The van der Waals surface area contributed by atoms with E-state index in [9.17, 15) is 10.2 Å². The van der Waals surface area contributed by atoms with E-state index in [4.69, 9.17) is 4.98 Å². The van der Waals surface area contributed by atoms with Gasteiger partial charge in [-0.05, 0) is 57.5 Å². The van der Waals surface area contributed by atoms with Crippen LogP contribution < -0.4 is 5.32 Å². The summed E-state index contributed by atoms with van der Waals surface area (Å²) < 4.78 is 0. The molecule has 1 fully saturated rings. The molecule has 0 radical (unpaired) electrons. The third-order valence-electron chi connectivity index (χ3n) is 5.66. The number of hydrogen-bond donors (Lipinski definition) is 4. The number of phenolic OH excluding ortho intramolecular Hbond substituents is 1. The molecule has 7 heteroatoms. The van der Waals surface area contributed by atoms with Crippen molar-refractivity contribution in [2.75, 3.05) is 19.6 Å². The van der Waals surface area contributed by atoms with Gasteiger partial charge >= 0.3 is 0 Å². The van der Waals surface area contributed by atoms with E-state index in [1.165, 1.54) is 0 Å². The molecule has 0 aliphatic carbocycles. The van der Waals surface area contributed by atoms with Gasteiger partial charge in [0, 0.05) is 47.4 Å². The maximum absolute atomic E-state index is 11.4. The quantitative estimate of drug-likeness (QED) is 0.557. The second-order valence-electron chi connectivity index (χ2n) is 8.20.